The Morgan fingerprint density at radius 3 is 2.61 bits per heavy atom. The summed E-state index contributed by atoms with van der Waals surface area (Å²) in [5.74, 6) is -0.517. The summed E-state index contributed by atoms with van der Waals surface area (Å²) in [5, 5.41) is 0. The SMILES string of the molecule is COCCOC(=O)NNC(=O)c1ccccc1N. The van der Waals surface area contributed by atoms with Crippen LogP contribution in [-0.2, 0) is 9.47 Å². The minimum atomic E-state index is -0.769. The van der Waals surface area contributed by atoms with Gasteiger partial charge in [-0.1, -0.05) is 12.1 Å². The van der Waals surface area contributed by atoms with Crippen LogP contribution in [0.4, 0.5) is 10.5 Å². The molecule has 0 aliphatic carbocycles. The monoisotopic (exact) mass is 253 g/mol. The molecule has 18 heavy (non-hydrogen) atoms. The Labute approximate surface area is 104 Å². The number of amides is 2. The molecule has 0 saturated heterocycles. The van der Waals surface area contributed by atoms with E-state index in [-0.39, 0.29) is 18.8 Å². The fourth-order valence-electron chi connectivity index (χ4n) is 1.13. The lowest BCUT2D eigenvalue weighted by atomic mass is 10.2. The Bertz CT molecular complexity index is 423. The molecule has 0 unspecified atom stereocenters. The zero-order chi connectivity index (χ0) is 13.4. The molecule has 0 saturated carbocycles. The zero-order valence-corrected chi connectivity index (χ0v) is 9.93. The number of ether oxygens (including phenoxy) is 2. The third-order valence-electron chi connectivity index (χ3n) is 2.00. The Kier molecular flexibility index (Phi) is 5.46. The minimum absolute atomic E-state index is 0.103. The van der Waals surface area contributed by atoms with Crippen LogP contribution in [0.2, 0.25) is 0 Å². The van der Waals surface area contributed by atoms with Gasteiger partial charge >= 0.3 is 6.09 Å². The van der Waals surface area contributed by atoms with E-state index >= 15 is 0 Å². The molecule has 4 N–H and O–H groups in total. The lowest BCUT2D eigenvalue weighted by Crippen LogP contribution is -2.42. The van der Waals surface area contributed by atoms with Crippen molar-refractivity contribution in [2.45, 2.75) is 0 Å². The fourth-order valence-corrected chi connectivity index (χ4v) is 1.13. The van der Waals surface area contributed by atoms with Gasteiger partial charge < -0.3 is 15.2 Å². The number of para-hydroxylation sites is 1. The normalized spacial score (nSPS) is 9.61. The second-order valence-electron chi connectivity index (χ2n) is 3.30. The number of methoxy groups -OCH3 is 1. The summed E-state index contributed by atoms with van der Waals surface area (Å²) in [6.45, 7) is 0.388. The third-order valence-corrected chi connectivity index (χ3v) is 2.00. The summed E-state index contributed by atoms with van der Waals surface area (Å²) >= 11 is 0. The van der Waals surface area contributed by atoms with E-state index in [1.165, 1.54) is 7.11 Å². The molecule has 0 spiro atoms. The lowest BCUT2D eigenvalue weighted by Gasteiger charge is -2.09. The van der Waals surface area contributed by atoms with Crippen LogP contribution in [0, 0.1) is 0 Å². The van der Waals surface area contributed by atoms with Crippen LogP contribution in [0.15, 0.2) is 24.3 Å². The summed E-state index contributed by atoms with van der Waals surface area (Å²) < 4.78 is 9.37. The zero-order valence-electron chi connectivity index (χ0n) is 9.93. The molecule has 0 aliphatic rings. The molecule has 7 nitrogen and oxygen atoms in total. The Morgan fingerprint density at radius 2 is 1.94 bits per heavy atom. The van der Waals surface area contributed by atoms with Crippen molar-refractivity contribution in [3.8, 4) is 0 Å². The average Bonchev–Trinajstić information content (AvgIpc) is 2.37. The number of hydrogen-bond donors (Lipinski definition) is 3. The molecule has 98 valence electrons. The van der Waals surface area contributed by atoms with Crippen molar-refractivity contribution in [3.63, 3.8) is 0 Å². The molecule has 0 aliphatic heterocycles. The van der Waals surface area contributed by atoms with Crippen LogP contribution in [-0.4, -0.2) is 32.3 Å². The van der Waals surface area contributed by atoms with Crippen molar-refractivity contribution in [1.29, 1.82) is 0 Å². The average molecular weight is 253 g/mol. The topological polar surface area (TPSA) is 103 Å². The number of benzene rings is 1. The standard InChI is InChI=1S/C11H15N3O4/c1-17-6-7-18-11(16)14-13-10(15)8-4-2-3-5-9(8)12/h2-5H,6-7,12H2,1H3,(H,13,15)(H,14,16). The highest BCUT2D eigenvalue weighted by molar-refractivity contribution is 5.99. The molecule has 1 aromatic rings. The van der Waals surface area contributed by atoms with Crippen molar-refractivity contribution in [3.05, 3.63) is 29.8 Å². The van der Waals surface area contributed by atoms with E-state index < -0.39 is 12.0 Å². The number of carbonyl (C=O) groups excluding carboxylic acids is 2. The second-order valence-corrected chi connectivity index (χ2v) is 3.30. The summed E-state index contributed by atoms with van der Waals surface area (Å²) in [6.07, 6.45) is -0.769. The first-order chi connectivity index (χ1) is 8.65. The van der Waals surface area contributed by atoms with Gasteiger partial charge in [0.15, 0.2) is 0 Å². The molecule has 1 rings (SSSR count). The largest absolute Gasteiger partial charge is 0.446 e. The van der Waals surface area contributed by atoms with Crippen LogP contribution in [0.1, 0.15) is 10.4 Å². The number of anilines is 1. The van der Waals surface area contributed by atoms with E-state index in [9.17, 15) is 9.59 Å². The maximum atomic E-state index is 11.6. The number of nitrogens with one attached hydrogen (secondary N) is 2. The maximum Gasteiger partial charge on any atom is 0.426 e. The van der Waals surface area contributed by atoms with Gasteiger partial charge in [0.2, 0.25) is 0 Å². The van der Waals surface area contributed by atoms with Gasteiger partial charge in [0.05, 0.1) is 12.2 Å². The van der Waals surface area contributed by atoms with Crippen LogP contribution in [0.25, 0.3) is 0 Å². The highest BCUT2D eigenvalue weighted by Gasteiger charge is 2.09. The first kappa shape index (κ1) is 13.8. The van der Waals surface area contributed by atoms with Gasteiger partial charge in [-0.25, -0.2) is 10.2 Å². The predicted octanol–water partition coefficient (Wildman–Crippen LogP) is 0.286. The van der Waals surface area contributed by atoms with Crippen molar-refractivity contribution < 1.29 is 19.1 Å². The summed E-state index contributed by atoms with van der Waals surface area (Å²) in [4.78, 5) is 22.7. The second kappa shape index (κ2) is 7.13. The number of nitrogen functional groups attached to an aromatic ring is 1. The van der Waals surface area contributed by atoms with E-state index in [2.05, 4.69) is 15.6 Å². The fraction of sp³-hybridized carbons (Fsp3) is 0.273. The molecular formula is C11H15N3O4. The van der Waals surface area contributed by atoms with Gasteiger partial charge in [-0.3, -0.25) is 10.2 Å². The van der Waals surface area contributed by atoms with Crippen molar-refractivity contribution >= 4 is 17.7 Å². The van der Waals surface area contributed by atoms with Gasteiger partial charge in [0.25, 0.3) is 5.91 Å². The lowest BCUT2D eigenvalue weighted by molar-refractivity contribution is 0.0850. The molecule has 0 atom stereocenters. The van der Waals surface area contributed by atoms with E-state index in [1.807, 2.05) is 0 Å². The Morgan fingerprint density at radius 1 is 1.22 bits per heavy atom. The molecule has 7 heteroatoms. The van der Waals surface area contributed by atoms with Crippen molar-refractivity contribution in [2.24, 2.45) is 0 Å². The first-order valence-corrected chi connectivity index (χ1v) is 5.21. The van der Waals surface area contributed by atoms with Crippen molar-refractivity contribution in [2.75, 3.05) is 26.1 Å². The molecule has 0 aromatic heterocycles. The predicted molar refractivity (Wildman–Crippen MR) is 64.7 cm³/mol. The van der Waals surface area contributed by atoms with Gasteiger partial charge in [-0.15, -0.1) is 0 Å². The van der Waals surface area contributed by atoms with Crippen LogP contribution < -0.4 is 16.6 Å². The van der Waals surface area contributed by atoms with Crippen LogP contribution >= 0.6 is 0 Å². The van der Waals surface area contributed by atoms with Gasteiger partial charge in [0.1, 0.15) is 6.61 Å². The highest BCUT2D eigenvalue weighted by Crippen LogP contribution is 2.09. The summed E-state index contributed by atoms with van der Waals surface area (Å²) in [7, 11) is 1.49. The minimum Gasteiger partial charge on any atom is -0.446 e. The Balaban J connectivity index is 2.38. The number of nitrogens with two attached hydrogens (primary N) is 1. The molecule has 0 radical (unpaired) electrons. The van der Waals surface area contributed by atoms with E-state index in [4.69, 9.17) is 10.5 Å². The molecule has 1 aromatic carbocycles. The van der Waals surface area contributed by atoms with E-state index in [1.54, 1.807) is 24.3 Å². The van der Waals surface area contributed by atoms with E-state index in [0.29, 0.717) is 5.69 Å². The molecule has 0 fully saturated rings. The van der Waals surface area contributed by atoms with Crippen LogP contribution in [0.5, 0.6) is 0 Å². The highest BCUT2D eigenvalue weighted by atomic mass is 16.6. The Hall–Kier alpha value is -2.28. The summed E-state index contributed by atoms with van der Waals surface area (Å²) in [5.41, 5.74) is 10.5. The maximum absolute atomic E-state index is 11.6. The number of rotatable bonds is 4. The molecule has 0 heterocycles. The molecule has 2 amide bonds. The van der Waals surface area contributed by atoms with E-state index in [0.717, 1.165) is 0 Å². The van der Waals surface area contributed by atoms with Gasteiger partial charge in [-0.05, 0) is 12.1 Å². The van der Waals surface area contributed by atoms with Crippen molar-refractivity contribution in [1.82, 2.24) is 10.9 Å². The smallest absolute Gasteiger partial charge is 0.426 e. The first-order valence-electron chi connectivity index (χ1n) is 5.21. The number of carbonyl (C=O) groups is 2. The van der Waals surface area contributed by atoms with Gasteiger partial charge in [0, 0.05) is 12.8 Å². The third kappa shape index (κ3) is 4.30. The van der Waals surface area contributed by atoms with Crippen LogP contribution in [0.3, 0.4) is 0 Å². The number of hydrogen-bond acceptors (Lipinski definition) is 5. The number of hydrazine groups is 1. The van der Waals surface area contributed by atoms with Gasteiger partial charge in [-0.2, -0.15) is 0 Å². The molecule has 0 bridgehead atoms. The quantitative estimate of drug-likeness (QED) is 0.406. The summed E-state index contributed by atoms with van der Waals surface area (Å²) in [6, 6.07) is 6.51. The molecular weight excluding hydrogens is 238 g/mol.